The molecule has 2 heterocycles. The monoisotopic (exact) mass is 400 g/mol. The van der Waals surface area contributed by atoms with Crippen LogP contribution in [0, 0.1) is 11.3 Å². The van der Waals surface area contributed by atoms with Gasteiger partial charge in [-0.15, -0.1) is 0 Å². The Morgan fingerprint density at radius 3 is 2.69 bits per heavy atom. The van der Waals surface area contributed by atoms with Gasteiger partial charge in [0.05, 0.1) is 23.2 Å². The third-order valence-electron chi connectivity index (χ3n) is 5.71. The van der Waals surface area contributed by atoms with Crippen LogP contribution in [0.25, 0.3) is 0 Å². The standard InChI is InChI=1S/C23H17ClN4O/c24-16-8-3-1-6-13(16)20-15(12-25)23-27-22(26)14-7-2-4-9-17(14)28(23)18-10-5-11-19(29)21(18)20/h1-4,6-9,20H,5,10-11H2,(H2,26,27)/t20-/m0/s1. The Morgan fingerprint density at radius 1 is 1.14 bits per heavy atom. The molecule has 29 heavy (non-hydrogen) atoms. The molecule has 0 unspecified atom stereocenters. The summed E-state index contributed by atoms with van der Waals surface area (Å²) in [5.74, 6) is 0.373. The van der Waals surface area contributed by atoms with Crippen molar-refractivity contribution in [2.45, 2.75) is 25.2 Å². The van der Waals surface area contributed by atoms with Gasteiger partial charge >= 0.3 is 0 Å². The molecule has 2 aromatic rings. The van der Waals surface area contributed by atoms with E-state index in [1.54, 1.807) is 6.07 Å². The number of rotatable bonds is 1. The van der Waals surface area contributed by atoms with Gasteiger partial charge in [-0.3, -0.25) is 9.69 Å². The van der Waals surface area contributed by atoms with Crippen LogP contribution in [-0.2, 0) is 4.79 Å². The molecule has 0 saturated carbocycles. The minimum Gasteiger partial charge on any atom is -0.383 e. The highest BCUT2D eigenvalue weighted by Crippen LogP contribution is 2.50. The van der Waals surface area contributed by atoms with Crippen LogP contribution in [0.3, 0.4) is 0 Å². The van der Waals surface area contributed by atoms with Crippen molar-refractivity contribution < 1.29 is 4.79 Å². The van der Waals surface area contributed by atoms with Crippen LogP contribution < -0.4 is 10.6 Å². The van der Waals surface area contributed by atoms with Gasteiger partial charge in [0, 0.05) is 28.3 Å². The number of carbonyl (C=O) groups excluding carboxylic acids is 1. The van der Waals surface area contributed by atoms with E-state index >= 15 is 0 Å². The molecule has 5 rings (SSSR count). The topological polar surface area (TPSA) is 82.5 Å². The summed E-state index contributed by atoms with van der Waals surface area (Å²) in [6.07, 6.45) is 1.96. The number of nitrogens with zero attached hydrogens (tertiary/aromatic N) is 3. The van der Waals surface area contributed by atoms with Crippen LogP contribution in [0.15, 0.2) is 76.2 Å². The maximum absolute atomic E-state index is 13.1. The quantitative estimate of drug-likeness (QED) is 0.768. The molecule has 2 aromatic carbocycles. The number of halogens is 1. The second kappa shape index (κ2) is 6.61. The summed E-state index contributed by atoms with van der Waals surface area (Å²) in [5.41, 5.74) is 10.6. The summed E-state index contributed by atoms with van der Waals surface area (Å²) in [5, 5.41) is 10.7. The first-order valence-electron chi connectivity index (χ1n) is 9.50. The van der Waals surface area contributed by atoms with Crippen LogP contribution in [0.5, 0.6) is 0 Å². The number of ketones is 1. The summed E-state index contributed by atoms with van der Waals surface area (Å²) >= 11 is 6.50. The van der Waals surface area contributed by atoms with E-state index in [0.29, 0.717) is 34.2 Å². The molecule has 2 N–H and O–H groups in total. The first-order chi connectivity index (χ1) is 14.1. The molecule has 1 atom stereocenters. The van der Waals surface area contributed by atoms with E-state index in [-0.39, 0.29) is 5.78 Å². The van der Waals surface area contributed by atoms with E-state index in [2.05, 4.69) is 11.1 Å². The molecule has 6 heteroatoms. The van der Waals surface area contributed by atoms with Crippen molar-refractivity contribution in [3.63, 3.8) is 0 Å². The van der Waals surface area contributed by atoms with E-state index in [9.17, 15) is 10.1 Å². The fourth-order valence-electron chi connectivity index (χ4n) is 4.49. The third-order valence-corrected chi connectivity index (χ3v) is 6.06. The molecule has 0 spiro atoms. The maximum Gasteiger partial charge on any atom is 0.161 e. The molecule has 3 aliphatic rings. The zero-order chi connectivity index (χ0) is 20.1. The van der Waals surface area contributed by atoms with Crippen molar-refractivity contribution in [3.8, 4) is 6.07 Å². The third kappa shape index (κ3) is 2.53. The second-order valence-electron chi connectivity index (χ2n) is 7.29. The summed E-state index contributed by atoms with van der Waals surface area (Å²) in [7, 11) is 0. The van der Waals surface area contributed by atoms with Crippen molar-refractivity contribution in [3.05, 3.63) is 87.3 Å². The molecule has 1 aliphatic carbocycles. The highest BCUT2D eigenvalue weighted by molar-refractivity contribution is 6.31. The predicted molar refractivity (Wildman–Crippen MR) is 112 cm³/mol. The van der Waals surface area contributed by atoms with E-state index in [1.165, 1.54) is 0 Å². The maximum atomic E-state index is 13.1. The molecule has 0 bridgehead atoms. The van der Waals surface area contributed by atoms with Crippen molar-refractivity contribution in [1.82, 2.24) is 0 Å². The molecule has 0 saturated heterocycles. The Labute approximate surface area is 173 Å². The number of hydrogen-bond donors (Lipinski definition) is 1. The van der Waals surface area contributed by atoms with Gasteiger partial charge in [-0.05, 0) is 36.6 Å². The number of benzene rings is 2. The molecule has 5 nitrogen and oxygen atoms in total. The van der Waals surface area contributed by atoms with Crippen LogP contribution in [0.1, 0.15) is 36.3 Å². The van der Waals surface area contributed by atoms with Gasteiger partial charge in [-0.25, -0.2) is 4.99 Å². The highest BCUT2D eigenvalue weighted by Gasteiger charge is 2.43. The first kappa shape index (κ1) is 17.7. The fourth-order valence-corrected chi connectivity index (χ4v) is 4.74. The number of amidine groups is 1. The minimum atomic E-state index is -0.537. The Kier molecular flexibility index (Phi) is 4.04. The number of Topliss-reactive ketones (excluding diaryl/α,β-unsaturated/α-hetero) is 1. The van der Waals surface area contributed by atoms with E-state index in [1.807, 2.05) is 47.4 Å². The summed E-state index contributed by atoms with van der Waals surface area (Å²) in [4.78, 5) is 19.7. The number of para-hydroxylation sites is 1. The van der Waals surface area contributed by atoms with E-state index in [0.717, 1.165) is 35.4 Å². The Bertz CT molecular complexity index is 1200. The molecular formula is C23H17ClN4O. The van der Waals surface area contributed by atoms with E-state index < -0.39 is 5.92 Å². The molecule has 0 radical (unpaired) electrons. The summed E-state index contributed by atoms with van der Waals surface area (Å²) in [6, 6.07) is 17.4. The van der Waals surface area contributed by atoms with Gasteiger partial charge < -0.3 is 5.73 Å². The fraction of sp³-hybridized carbons (Fsp3) is 0.174. The molecule has 2 aliphatic heterocycles. The lowest BCUT2D eigenvalue weighted by molar-refractivity contribution is -0.116. The van der Waals surface area contributed by atoms with E-state index in [4.69, 9.17) is 17.3 Å². The SMILES string of the molecule is N#CC1=C2N=C(N)c3ccccc3N2C2=C(C(=O)CCC2)[C@H]1c1ccccc1Cl. The van der Waals surface area contributed by atoms with Gasteiger partial charge in [-0.2, -0.15) is 5.26 Å². The van der Waals surface area contributed by atoms with Crippen LogP contribution in [0.2, 0.25) is 5.02 Å². The molecule has 0 fully saturated rings. The average molecular weight is 401 g/mol. The van der Waals surface area contributed by atoms with Gasteiger partial charge in [0.2, 0.25) is 0 Å². The van der Waals surface area contributed by atoms with Crippen LogP contribution in [-0.4, -0.2) is 11.6 Å². The molecule has 0 aromatic heterocycles. The Morgan fingerprint density at radius 2 is 1.90 bits per heavy atom. The number of fused-ring (bicyclic) bond motifs is 4. The molecule has 0 amide bonds. The number of nitrogens with two attached hydrogens (primary N) is 1. The normalized spacial score (nSPS) is 20.6. The smallest absolute Gasteiger partial charge is 0.161 e. The number of hydrogen-bond acceptors (Lipinski definition) is 5. The first-order valence-corrected chi connectivity index (χ1v) is 9.88. The van der Waals surface area contributed by atoms with Gasteiger partial charge in [0.15, 0.2) is 11.6 Å². The van der Waals surface area contributed by atoms with Crippen LogP contribution in [0.4, 0.5) is 5.69 Å². The minimum absolute atomic E-state index is 0.0583. The average Bonchev–Trinajstić information content (AvgIpc) is 2.73. The molecule has 142 valence electrons. The number of nitriles is 1. The number of aliphatic imine (C=N–C) groups is 1. The lowest BCUT2D eigenvalue weighted by Gasteiger charge is -2.42. The van der Waals surface area contributed by atoms with Gasteiger partial charge in [0.25, 0.3) is 0 Å². The zero-order valence-corrected chi connectivity index (χ0v) is 16.3. The highest BCUT2D eigenvalue weighted by atomic mass is 35.5. The lowest BCUT2D eigenvalue weighted by atomic mass is 9.75. The summed E-state index contributed by atoms with van der Waals surface area (Å²) in [6.45, 7) is 0. The Hall–Kier alpha value is -3.36. The van der Waals surface area contributed by atoms with Crippen molar-refractivity contribution in [1.29, 1.82) is 5.26 Å². The number of allylic oxidation sites excluding steroid dienone is 3. The van der Waals surface area contributed by atoms with Gasteiger partial charge in [0.1, 0.15) is 5.84 Å². The largest absolute Gasteiger partial charge is 0.383 e. The zero-order valence-electron chi connectivity index (χ0n) is 15.5. The summed E-state index contributed by atoms with van der Waals surface area (Å²) < 4.78 is 0. The molecular weight excluding hydrogens is 384 g/mol. The number of carbonyl (C=O) groups is 1. The lowest BCUT2D eigenvalue weighted by Crippen LogP contribution is -2.39. The van der Waals surface area contributed by atoms with Crippen molar-refractivity contribution in [2.24, 2.45) is 10.7 Å². The predicted octanol–water partition coefficient (Wildman–Crippen LogP) is 4.40. The van der Waals surface area contributed by atoms with Crippen molar-refractivity contribution in [2.75, 3.05) is 4.90 Å². The number of anilines is 1. The second-order valence-corrected chi connectivity index (χ2v) is 7.70. The van der Waals surface area contributed by atoms with Crippen molar-refractivity contribution >= 4 is 28.9 Å². The Balaban J connectivity index is 1.86. The van der Waals surface area contributed by atoms with Crippen LogP contribution >= 0.6 is 11.6 Å². The van der Waals surface area contributed by atoms with Gasteiger partial charge in [-0.1, -0.05) is 41.9 Å².